The van der Waals surface area contributed by atoms with Gasteiger partial charge in [-0.25, -0.2) is 16.8 Å². The molecule has 0 saturated heterocycles. The molecule has 8 heteroatoms. The van der Waals surface area contributed by atoms with Crippen molar-refractivity contribution in [3.63, 3.8) is 0 Å². The minimum Gasteiger partial charge on any atom is -0.469 e. The standard InChI is InChI=1S/C12H22O6S2/c1-10(2)20(16,17)7-6-19(14,15)9-12(4-5-12)8-11(13)18-3/h10H,4-9H2,1-3H3. The summed E-state index contributed by atoms with van der Waals surface area (Å²) in [5.41, 5.74) is -0.534. The quantitative estimate of drug-likeness (QED) is 0.605. The molecule has 0 bridgehead atoms. The van der Waals surface area contributed by atoms with Crippen LogP contribution in [-0.2, 0) is 29.2 Å². The number of sulfone groups is 2. The second-order valence-electron chi connectivity index (χ2n) is 5.76. The van der Waals surface area contributed by atoms with Crippen LogP contribution < -0.4 is 0 Å². The third kappa shape index (κ3) is 5.05. The highest BCUT2D eigenvalue weighted by Gasteiger charge is 2.47. The van der Waals surface area contributed by atoms with E-state index in [2.05, 4.69) is 4.74 Å². The number of hydrogen-bond donors (Lipinski definition) is 0. The molecule has 0 N–H and O–H groups in total. The normalized spacial score (nSPS) is 18.0. The van der Waals surface area contributed by atoms with E-state index in [0.29, 0.717) is 12.8 Å². The Morgan fingerprint density at radius 3 is 2.10 bits per heavy atom. The predicted octanol–water partition coefficient (Wildman–Crippen LogP) is 0.568. The highest BCUT2D eigenvalue weighted by molar-refractivity contribution is 7.95. The van der Waals surface area contributed by atoms with E-state index in [1.54, 1.807) is 0 Å². The monoisotopic (exact) mass is 326 g/mol. The van der Waals surface area contributed by atoms with E-state index in [-0.39, 0.29) is 23.7 Å². The van der Waals surface area contributed by atoms with Gasteiger partial charge in [-0.2, -0.15) is 0 Å². The highest BCUT2D eigenvalue weighted by Crippen LogP contribution is 2.50. The number of rotatable bonds is 8. The molecule has 0 radical (unpaired) electrons. The van der Waals surface area contributed by atoms with Crippen LogP contribution in [0.15, 0.2) is 0 Å². The van der Waals surface area contributed by atoms with Crippen molar-refractivity contribution in [3.8, 4) is 0 Å². The van der Waals surface area contributed by atoms with Crippen LogP contribution in [0.2, 0.25) is 0 Å². The number of ether oxygens (including phenoxy) is 1. The lowest BCUT2D eigenvalue weighted by Crippen LogP contribution is -2.28. The van der Waals surface area contributed by atoms with Crippen LogP contribution in [0, 0.1) is 5.41 Å². The number of carbonyl (C=O) groups excluding carboxylic acids is 1. The summed E-state index contributed by atoms with van der Waals surface area (Å²) in [6.45, 7) is 3.06. The van der Waals surface area contributed by atoms with Gasteiger partial charge < -0.3 is 4.74 Å². The lowest BCUT2D eigenvalue weighted by atomic mass is 10.1. The van der Waals surface area contributed by atoms with Crippen LogP contribution in [0.5, 0.6) is 0 Å². The number of esters is 1. The molecular weight excluding hydrogens is 304 g/mol. The molecule has 1 fully saturated rings. The Kier molecular flexibility index (Phi) is 5.23. The first-order valence-corrected chi connectivity index (χ1v) is 10.0. The Hall–Kier alpha value is -0.630. The van der Waals surface area contributed by atoms with Gasteiger partial charge in [-0.15, -0.1) is 0 Å². The largest absolute Gasteiger partial charge is 0.469 e. The molecule has 0 atom stereocenters. The Morgan fingerprint density at radius 1 is 1.15 bits per heavy atom. The molecule has 0 spiro atoms. The summed E-state index contributed by atoms with van der Waals surface area (Å²) < 4.78 is 51.9. The average Bonchev–Trinajstić information content (AvgIpc) is 3.05. The zero-order valence-corrected chi connectivity index (χ0v) is 13.7. The first-order valence-electron chi connectivity index (χ1n) is 6.51. The molecule has 1 aliphatic rings. The summed E-state index contributed by atoms with van der Waals surface area (Å²) in [4.78, 5) is 11.2. The first-order chi connectivity index (χ1) is 9.02. The third-order valence-corrected chi connectivity index (χ3v) is 7.97. The molecule has 0 unspecified atom stereocenters. The van der Waals surface area contributed by atoms with Crippen molar-refractivity contribution in [2.45, 2.75) is 38.4 Å². The molecule has 20 heavy (non-hydrogen) atoms. The van der Waals surface area contributed by atoms with Crippen LogP contribution in [0.3, 0.4) is 0 Å². The molecule has 0 aliphatic heterocycles. The summed E-state index contributed by atoms with van der Waals surface area (Å²) in [6, 6.07) is 0. The fraction of sp³-hybridized carbons (Fsp3) is 0.917. The van der Waals surface area contributed by atoms with Gasteiger partial charge in [0.15, 0.2) is 19.7 Å². The Balaban J connectivity index is 2.61. The molecule has 1 saturated carbocycles. The molecule has 0 aromatic carbocycles. The Bertz CT molecular complexity index is 555. The smallest absolute Gasteiger partial charge is 0.306 e. The summed E-state index contributed by atoms with van der Waals surface area (Å²) in [5, 5.41) is -0.581. The van der Waals surface area contributed by atoms with Crippen LogP contribution in [0.1, 0.15) is 33.1 Å². The fourth-order valence-electron chi connectivity index (χ4n) is 1.94. The number of carbonyl (C=O) groups is 1. The van der Waals surface area contributed by atoms with Gasteiger partial charge in [0.05, 0.1) is 36.0 Å². The molecule has 0 amide bonds. The summed E-state index contributed by atoms with van der Waals surface area (Å²) >= 11 is 0. The molecule has 1 aliphatic carbocycles. The fourth-order valence-corrected chi connectivity index (χ4v) is 5.83. The average molecular weight is 326 g/mol. The van der Waals surface area contributed by atoms with Crippen molar-refractivity contribution in [1.82, 2.24) is 0 Å². The van der Waals surface area contributed by atoms with Gasteiger partial charge in [-0.05, 0) is 32.1 Å². The molecule has 1 rings (SSSR count). The molecule has 0 aromatic rings. The summed E-state index contributed by atoms with van der Waals surface area (Å²) in [6.07, 6.45) is 1.41. The van der Waals surface area contributed by atoms with Crippen LogP contribution >= 0.6 is 0 Å². The van der Waals surface area contributed by atoms with Gasteiger partial charge in [0.1, 0.15) is 0 Å². The third-order valence-electron chi connectivity index (χ3n) is 3.63. The maximum atomic E-state index is 12.0. The van der Waals surface area contributed by atoms with E-state index >= 15 is 0 Å². The number of methoxy groups -OCH3 is 1. The molecule has 6 nitrogen and oxygen atoms in total. The predicted molar refractivity (Wildman–Crippen MR) is 75.9 cm³/mol. The SMILES string of the molecule is COC(=O)CC1(CS(=O)(=O)CCS(=O)(=O)C(C)C)CC1. The van der Waals surface area contributed by atoms with Gasteiger partial charge in [0.25, 0.3) is 0 Å². The van der Waals surface area contributed by atoms with E-state index in [4.69, 9.17) is 0 Å². The first kappa shape index (κ1) is 17.4. The van der Waals surface area contributed by atoms with Crippen molar-refractivity contribution in [2.75, 3.05) is 24.4 Å². The minimum atomic E-state index is -3.48. The second kappa shape index (κ2) is 6.01. The lowest BCUT2D eigenvalue weighted by molar-refractivity contribution is -0.141. The maximum Gasteiger partial charge on any atom is 0.306 e. The summed E-state index contributed by atoms with van der Waals surface area (Å²) in [5.74, 6) is -1.30. The van der Waals surface area contributed by atoms with Crippen molar-refractivity contribution in [2.24, 2.45) is 5.41 Å². The minimum absolute atomic E-state index is 0.0830. The van der Waals surface area contributed by atoms with Gasteiger partial charge in [-0.1, -0.05) is 0 Å². The van der Waals surface area contributed by atoms with Crippen molar-refractivity contribution in [1.29, 1.82) is 0 Å². The Labute approximate surface area is 120 Å². The van der Waals surface area contributed by atoms with Crippen LogP contribution in [0.25, 0.3) is 0 Å². The van der Waals surface area contributed by atoms with Crippen LogP contribution in [-0.4, -0.2) is 52.4 Å². The second-order valence-corrected chi connectivity index (χ2v) is 10.6. The highest BCUT2D eigenvalue weighted by atomic mass is 32.2. The van der Waals surface area contributed by atoms with E-state index in [1.165, 1.54) is 21.0 Å². The van der Waals surface area contributed by atoms with Crippen molar-refractivity contribution >= 4 is 25.6 Å². The van der Waals surface area contributed by atoms with E-state index in [1.807, 2.05) is 0 Å². The molecule has 0 heterocycles. The maximum absolute atomic E-state index is 12.0. The topological polar surface area (TPSA) is 94.6 Å². The molecule has 118 valence electrons. The molecular formula is C12H22O6S2. The van der Waals surface area contributed by atoms with Crippen molar-refractivity contribution in [3.05, 3.63) is 0 Å². The number of hydrogen-bond acceptors (Lipinski definition) is 6. The molecule has 0 aromatic heterocycles. The zero-order chi connectivity index (χ0) is 15.6. The van der Waals surface area contributed by atoms with Crippen LogP contribution in [0.4, 0.5) is 0 Å². The zero-order valence-electron chi connectivity index (χ0n) is 12.1. The van der Waals surface area contributed by atoms with E-state index in [0.717, 1.165) is 0 Å². The van der Waals surface area contributed by atoms with Gasteiger partial charge in [-0.3, -0.25) is 4.79 Å². The van der Waals surface area contributed by atoms with E-state index < -0.39 is 36.3 Å². The Morgan fingerprint density at radius 2 is 1.70 bits per heavy atom. The van der Waals surface area contributed by atoms with Gasteiger partial charge >= 0.3 is 5.97 Å². The van der Waals surface area contributed by atoms with Gasteiger partial charge in [0.2, 0.25) is 0 Å². The lowest BCUT2D eigenvalue weighted by Gasteiger charge is -2.14. The van der Waals surface area contributed by atoms with E-state index in [9.17, 15) is 21.6 Å². The summed E-state index contributed by atoms with van der Waals surface area (Å²) in [7, 11) is -5.58. The van der Waals surface area contributed by atoms with Crippen molar-refractivity contribution < 1.29 is 26.4 Å². The van der Waals surface area contributed by atoms with Gasteiger partial charge in [0, 0.05) is 0 Å².